The predicted molar refractivity (Wildman–Crippen MR) is 83.8 cm³/mol. The van der Waals surface area contributed by atoms with Crippen LogP contribution in [0.15, 0.2) is 18.2 Å². The SMILES string of the molecule is CCOc1ccc(Cl)cc1NC1CCOC(C(C)C)C1. The van der Waals surface area contributed by atoms with E-state index in [4.69, 9.17) is 21.1 Å². The first-order valence-electron chi connectivity index (χ1n) is 7.40. The maximum Gasteiger partial charge on any atom is 0.142 e. The minimum atomic E-state index is 0.330. The monoisotopic (exact) mass is 297 g/mol. The van der Waals surface area contributed by atoms with E-state index in [1.54, 1.807) is 0 Å². The quantitative estimate of drug-likeness (QED) is 0.876. The fraction of sp³-hybridized carbons (Fsp3) is 0.625. The Morgan fingerprint density at radius 3 is 2.95 bits per heavy atom. The highest BCUT2D eigenvalue weighted by molar-refractivity contribution is 6.30. The topological polar surface area (TPSA) is 30.5 Å². The van der Waals surface area contributed by atoms with E-state index in [0.29, 0.717) is 24.7 Å². The van der Waals surface area contributed by atoms with Crippen LogP contribution in [0, 0.1) is 5.92 Å². The Hall–Kier alpha value is -0.930. The fourth-order valence-electron chi connectivity index (χ4n) is 2.54. The standard InChI is InChI=1S/C16H24ClNO2/c1-4-19-15-6-5-12(17)9-14(15)18-13-7-8-20-16(10-13)11(2)3/h5-6,9,11,13,16,18H,4,7-8,10H2,1-3H3. The molecule has 4 heteroatoms. The van der Waals surface area contributed by atoms with E-state index in [1.165, 1.54) is 0 Å². The molecule has 112 valence electrons. The van der Waals surface area contributed by atoms with E-state index in [-0.39, 0.29) is 0 Å². The van der Waals surface area contributed by atoms with Crippen LogP contribution in [0.4, 0.5) is 5.69 Å². The van der Waals surface area contributed by atoms with Crippen molar-refractivity contribution in [1.29, 1.82) is 0 Å². The summed E-state index contributed by atoms with van der Waals surface area (Å²) in [4.78, 5) is 0. The summed E-state index contributed by atoms with van der Waals surface area (Å²) < 4.78 is 11.5. The van der Waals surface area contributed by atoms with E-state index in [0.717, 1.165) is 35.9 Å². The maximum atomic E-state index is 6.09. The number of hydrogen-bond donors (Lipinski definition) is 1. The third-order valence-corrected chi connectivity index (χ3v) is 3.89. The van der Waals surface area contributed by atoms with Gasteiger partial charge in [-0.05, 0) is 43.9 Å². The van der Waals surface area contributed by atoms with Gasteiger partial charge in [0, 0.05) is 17.7 Å². The average Bonchev–Trinajstić information content (AvgIpc) is 2.42. The van der Waals surface area contributed by atoms with Gasteiger partial charge < -0.3 is 14.8 Å². The zero-order valence-corrected chi connectivity index (χ0v) is 13.2. The molecule has 2 rings (SSSR count). The largest absolute Gasteiger partial charge is 0.492 e. The van der Waals surface area contributed by atoms with Crippen molar-refractivity contribution in [3.63, 3.8) is 0 Å². The highest BCUT2D eigenvalue weighted by atomic mass is 35.5. The van der Waals surface area contributed by atoms with Crippen LogP contribution >= 0.6 is 11.6 Å². The van der Waals surface area contributed by atoms with Gasteiger partial charge in [-0.25, -0.2) is 0 Å². The van der Waals surface area contributed by atoms with Crippen LogP contribution in [0.5, 0.6) is 5.75 Å². The van der Waals surface area contributed by atoms with Gasteiger partial charge >= 0.3 is 0 Å². The summed E-state index contributed by atoms with van der Waals surface area (Å²) in [6.45, 7) is 7.86. The summed E-state index contributed by atoms with van der Waals surface area (Å²) in [6, 6.07) is 6.13. The zero-order chi connectivity index (χ0) is 14.5. The lowest BCUT2D eigenvalue weighted by molar-refractivity contribution is -0.0161. The molecule has 0 amide bonds. The molecule has 1 aliphatic rings. The Morgan fingerprint density at radius 2 is 2.25 bits per heavy atom. The smallest absolute Gasteiger partial charge is 0.142 e. The number of ether oxygens (including phenoxy) is 2. The van der Waals surface area contributed by atoms with Crippen LogP contribution in [0.2, 0.25) is 5.02 Å². The van der Waals surface area contributed by atoms with Crippen LogP contribution in [-0.2, 0) is 4.74 Å². The van der Waals surface area contributed by atoms with Crippen molar-refractivity contribution in [3.8, 4) is 5.75 Å². The second-order valence-electron chi connectivity index (χ2n) is 5.59. The molecule has 1 saturated heterocycles. The molecule has 20 heavy (non-hydrogen) atoms. The molecule has 3 nitrogen and oxygen atoms in total. The lowest BCUT2D eigenvalue weighted by atomic mass is 9.95. The average molecular weight is 298 g/mol. The summed E-state index contributed by atoms with van der Waals surface area (Å²) in [7, 11) is 0. The molecular weight excluding hydrogens is 274 g/mol. The number of rotatable bonds is 5. The number of hydrogen-bond acceptors (Lipinski definition) is 3. The molecule has 0 aromatic heterocycles. The van der Waals surface area contributed by atoms with Gasteiger partial charge in [-0.15, -0.1) is 0 Å². The van der Waals surface area contributed by atoms with Crippen LogP contribution in [0.25, 0.3) is 0 Å². The first-order chi connectivity index (χ1) is 9.60. The number of halogens is 1. The van der Waals surface area contributed by atoms with Crippen molar-refractivity contribution in [2.75, 3.05) is 18.5 Å². The number of nitrogens with one attached hydrogen (secondary N) is 1. The molecule has 1 fully saturated rings. The van der Waals surface area contributed by atoms with E-state index in [2.05, 4.69) is 19.2 Å². The van der Waals surface area contributed by atoms with Gasteiger partial charge in [0.15, 0.2) is 0 Å². The van der Waals surface area contributed by atoms with Gasteiger partial charge in [0.1, 0.15) is 5.75 Å². The lowest BCUT2D eigenvalue weighted by Crippen LogP contribution is -2.36. The summed E-state index contributed by atoms with van der Waals surface area (Å²) in [5.41, 5.74) is 0.980. The third kappa shape index (κ3) is 4.03. The van der Waals surface area contributed by atoms with Gasteiger partial charge in [-0.2, -0.15) is 0 Å². The Labute approximate surface area is 126 Å². The maximum absolute atomic E-state index is 6.09. The molecule has 0 radical (unpaired) electrons. The molecule has 2 atom stereocenters. The highest BCUT2D eigenvalue weighted by Crippen LogP contribution is 2.31. The van der Waals surface area contributed by atoms with Crippen LogP contribution in [0.1, 0.15) is 33.6 Å². The van der Waals surface area contributed by atoms with Crippen LogP contribution < -0.4 is 10.1 Å². The number of anilines is 1. The molecule has 0 aliphatic carbocycles. The minimum absolute atomic E-state index is 0.330. The lowest BCUT2D eigenvalue weighted by Gasteiger charge is -2.33. The molecule has 0 saturated carbocycles. The molecule has 0 bridgehead atoms. The Bertz CT molecular complexity index is 436. The van der Waals surface area contributed by atoms with Gasteiger partial charge in [-0.1, -0.05) is 25.4 Å². The molecule has 1 aromatic carbocycles. The van der Waals surface area contributed by atoms with Gasteiger partial charge in [0.25, 0.3) is 0 Å². The molecule has 1 N–H and O–H groups in total. The molecule has 2 unspecified atom stereocenters. The van der Waals surface area contributed by atoms with Crippen LogP contribution in [0.3, 0.4) is 0 Å². The van der Waals surface area contributed by atoms with E-state index >= 15 is 0 Å². The second-order valence-corrected chi connectivity index (χ2v) is 6.03. The van der Waals surface area contributed by atoms with Gasteiger partial charge in [-0.3, -0.25) is 0 Å². The van der Waals surface area contributed by atoms with Crippen molar-refractivity contribution in [2.24, 2.45) is 5.92 Å². The summed E-state index contributed by atoms with van der Waals surface area (Å²) in [6.07, 6.45) is 2.37. The molecule has 1 aliphatic heterocycles. The van der Waals surface area contributed by atoms with Crippen molar-refractivity contribution in [3.05, 3.63) is 23.2 Å². The molecule has 1 aromatic rings. The van der Waals surface area contributed by atoms with E-state index < -0.39 is 0 Å². The normalized spacial score (nSPS) is 22.9. The minimum Gasteiger partial charge on any atom is -0.492 e. The molecular formula is C16H24ClNO2. The van der Waals surface area contributed by atoms with Crippen LogP contribution in [-0.4, -0.2) is 25.4 Å². The second kappa shape index (κ2) is 7.19. The van der Waals surface area contributed by atoms with E-state index in [9.17, 15) is 0 Å². The summed E-state index contributed by atoms with van der Waals surface area (Å²) in [5, 5.41) is 4.30. The zero-order valence-electron chi connectivity index (χ0n) is 12.5. The van der Waals surface area contributed by atoms with Gasteiger partial charge in [0.2, 0.25) is 0 Å². The molecule has 0 spiro atoms. The Morgan fingerprint density at radius 1 is 1.45 bits per heavy atom. The van der Waals surface area contributed by atoms with Crippen molar-refractivity contribution in [1.82, 2.24) is 0 Å². The highest BCUT2D eigenvalue weighted by Gasteiger charge is 2.25. The number of benzene rings is 1. The third-order valence-electron chi connectivity index (χ3n) is 3.66. The van der Waals surface area contributed by atoms with E-state index in [1.807, 2.05) is 25.1 Å². The Kier molecular flexibility index (Phi) is 5.55. The summed E-state index contributed by atoms with van der Waals surface area (Å²) >= 11 is 6.09. The summed E-state index contributed by atoms with van der Waals surface area (Å²) in [5.74, 6) is 1.41. The fourth-order valence-corrected chi connectivity index (χ4v) is 2.71. The first-order valence-corrected chi connectivity index (χ1v) is 7.78. The van der Waals surface area contributed by atoms with Crippen molar-refractivity contribution in [2.45, 2.75) is 45.8 Å². The van der Waals surface area contributed by atoms with Gasteiger partial charge in [0.05, 0.1) is 18.4 Å². The first kappa shape index (κ1) is 15.5. The predicted octanol–water partition coefficient (Wildman–Crippen LogP) is 4.35. The molecule has 1 heterocycles. The van der Waals surface area contributed by atoms with Crippen molar-refractivity contribution >= 4 is 17.3 Å². The van der Waals surface area contributed by atoms with Crippen molar-refractivity contribution < 1.29 is 9.47 Å². The Balaban J connectivity index is 2.06.